The third kappa shape index (κ3) is 4.88. The number of halogens is 1. The largest absolute Gasteiger partial charge is 0.452 e. The van der Waals surface area contributed by atoms with Gasteiger partial charge in [0.15, 0.2) is 6.61 Å². The molecular formula is C12H14BrN3O4. The summed E-state index contributed by atoms with van der Waals surface area (Å²) in [5, 5.41) is 4.38. The van der Waals surface area contributed by atoms with Gasteiger partial charge in [0.2, 0.25) is 0 Å². The molecule has 3 amide bonds. The van der Waals surface area contributed by atoms with E-state index in [0.29, 0.717) is 11.0 Å². The van der Waals surface area contributed by atoms with Crippen LogP contribution < -0.4 is 16.4 Å². The summed E-state index contributed by atoms with van der Waals surface area (Å²) in [6.07, 6.45) is 0. The van der Waals surface area contributed by atoms with Crippen molar-refractivity contribution in [3.63, 3.8) is 0 Å². The topological polar surface area (TPSA) is 111 Å². The van der Waals surface area contributed by atoms with E-state index in [1.165, 1.54) is 12.1 Å². The zero-order chi connectivity index (χ0) is 15.1. The molecule has 8 heteroatoms. The molecule has 0 aromatic heterocycles. The number of esters is 1. The molecule has 108 valence electrons. The number of nitrogens with two attached hydrogens (primary N) is 1. The predicted octanol–water partition coefficient (Wildman–Crippen LogP) is 1.03. The average molecular weight is 344 g/mol. The fourth-order valence-corrected chi connectivity index (χ4v) is 1.64. The number of urea groups is 1. The number of amides is 3. The lowest BCUT2D eigenvalue weighted by Gasteiger charge is -2.08. The van der Waals surface area contributed by atoms with E-state index in [-0.39, 0.29) is 11.3 Å². The molecule has 0 radical (unpaired) electrons. The van der Waals surface area contributed by atoms with E-state index in [1.807, 2.05) is 5.32 Å². The SMILES string of the molecule is CCNC(=O)NC(=O)COC(=O)c1cc(Br)ccc1N. The molecule has 0 saturated carbocycles. The maximum absolute atomic E-state index is 11.7. The number of carbonyl (C=O) groups is 3. The average Bonchev–Trinajstić information content (AvgIpc) is 2.39. The lowest BCUT2D eigenvalue weighted by Crippen LogP contribution is -2.41. The molecule has 0 unspecified atom stereocenters. The Morgan fingerprint density at radius 1 is 1.35 bits per heavy atom. The van der Waals surface area contributed by atoms with Gasteiger partial charge in [-0.25, -0.2) is 9.59 Å². The van der Waals surface area contributed by atoms with Crippen molar-refractivity contribution in [1.82, 2.24) is 10.6 Å². The van der Waals surface area contributed by atoms with Crippen molar-refractivity contribution in [2.45, 2.75) is 6.92 Å². The number of imide groups is 1. The van der Waals surface area contributed by atoms with Crippen LogP contribution in [0.2, 0.25) is 0 Å². The summed E-state index contributed by atoms with van der Waals surface area (Å²) >= 11 is 3.20. The van der Waals surface area contributed by atoms with Gasteiger partial charge in [-0.05, 0) is 25.1 Å². The van der Waals surface area contributed by atoms with E-state index in [0.717, 1.165) is 0 Å². The highest BCUT2D eigenvalue weighted by Gasteiger charge is 2.14. The Morgan fingerprint density at radius 3 is 2.70 bits per heavy atom. The molecule has 0 saturated heterocycles. The van der Waals surface area contributed by atoms with Crippen LogP contribution in [0.3, 0.4) is 0 Å². The summed E-state index contributed by atoms with van der Waals surface area (Å²) in [5.41, 5.74) is 6.01. The van der Waals surface area contributed by atoms with Crippen molar-refractivity contribution in [3.8, 4) is 0 Å². The molecule has 1 aromatic rings. The first kappa shape index (κ1) is 16.0. The number of benzene rings is 1. The molecule has 0 aliphatic rings. The second-order valence-corrected chi connectivity index (χ2v) is 4.63. The van der Waals surface area contributed by atoms with Crippen LogP contribution in [0.4, 0.5) is 10.5 Å². The quantitative estimate of drug-likeness (QED) is 0.558. The van der Waals surface area contributed by atoms with E-state index in [9.17, 15) is 14.4 Å². The minimum absolute atomic E-state index is 0.144. The number of carbonyl (C=O) groups excluding carboxylic acids is 3. The van der Waals surface area contributed by atoms with Crippen molar-refractivity contribution in [2.75, 3.05) is 18.9 Å². The molecule has 0 fully saturated rings. The van der Waals surface area contributed by atoms with Crippen LogP contribution in [0.15, 0.2) is 22.7 Å². The lowest BCUT2D eigenvalue weighted by molar-refractivity contribution is -0.123. The molecule has 4 N–H and O–H groups in total. The van der Waals surface area contributed by atoms with Gasteiger partial charge in [0.05, 0.1) is 5.56 Å². The molecule has 0 aliphatic heterocycles. The van der Waals surface area contributed by atoms with Crippen LogP contribution in [-0.4, -0.2) is 31.1 Å². The highest BCUT2D eigenvalue weighted by molar-refractivity contribution is 9.10. The zero-order valence-electron chi connectivity index (χ0n) is 10.7. The first-order valence-corrected chi connectivity index (χ1v) is 6.53. The molecule has 0 spiro atoms. The summed E-state index contributed by atoms with van der Waals surface area (Å²) < 4.78 is 5.43. The van der Waals surface area contributed by atoms with E-state index in [1.54, 1.807) is 13.0 Å². The Bertz CT molecular complexity index is 533. The summed E-state index contributed by atoms with van der Waals surface area (Å²) in [6.45, 7) is 1.52. The smallest absolute Gasteiger partial charge is 0.340 e. The lowest BCUT2D eigenvalue weighted by atomic mass is 10.2. The molecule has 1 rings (SSSR count). The Kier molecular flexibility index (Phi) is 5.98. The van der Waals surface area contributed by atoms with E-state index in [4.69, 9.17) is 10.5 Å². The van der Waals surface area contributed by atoms with Crippen molar-refractivity contribution >= 4 is 39.5 Å². The number of anilines is 1. The first-order valence-electron chi connectivity index (χ1n) is 5.74. The molecule has 0 heterocycles. The number of rotatable bonds is 4. The molecular weight excluding hydrogens is 330 g/mol. The highest BCUT2D eigenvalue weighted by atomic mass is 79.9. The van der Waals surface area contributed by atoms with Crippen LogP contribution >= 0.6 is 15.9 Å². The fraction of sp³-hybridized carbons (Fsp3) is 0.250. The third-order valence-corrected chi connectivity index (χ3v) is 2.65. The first-order chi connectivity index (χ1) is 9.43. The van der Waals surface area contributed by atoms with Gasteiger partial charge < -0.3 is 15.8 Å². The van der Waals surface area contributed by atoms with Gasteiger partial charge in [0.1, 0.15) is 0 Å². The van der Waals surface area contributed by atoms with E-state index in [2.05, 4.69) is 21.2 Å². The Morgan fingerprint density at radius 2 is 2.05 bits per heavy atom. The van der Waals surface area contributed by atoms with Crippen LogP contribution in [0.1, 0.15) is 17.3 Å². The fourth-order valence-electron chi connectivity index (χ4n) is 1.28. The van der Waals surface area contributed by atoms with Crippen LogP contribution in [0, 0.1) is 0 Å². The molecule has 20 heavy (non-hydrogen) atoms. The van der Waals surface area contributed by atoms with Crippen LogP contribution in [0.5, 0.6) is 0 Å². The molecule has 0 atom stereocenters. The van der Waals surface area contributed by atoms with Gasteiger partial charge in [-0.15, -0.1) is 0 Å². The molecule has 7 nitrogen and oxygen atoms in total. The maximum Gasteiger partial charge on any atom is 0.340 e. The second-order valence-electron chi connectivity index (χ2n) is 3.72. The number of ether oxygens (including phenoxy) is 1. The van der Waals surface area contributed by atoms with E-state index >= 15 is 0 Å². The summed E-state index contributed by atoms with van der Waals surface area (Å²) in [4.78, 5) is 34.1. The van der Waals surface area contributed by atoms with Gasteiger partial charge in [0.25, 0.3) is 5.91 Å². The van der Waals surface area contributed by atoms with Crippen LogP contribution in [-0.2, 0) is 9.53 Å². The van der Waals surface area contributed by atoms with Crippen molar-refractivity contribution in [1.29, 1.82) is 0 Å². The number of nitrogens with one attached hydrogen (secondary N) is 2. The number of nitrogen functional groups attached to an aromatic ring is 1. The Hall–Kier alpha value is -2.09. The third-order valence-electron chi connectivity index (χ3n) is 2.16. The molecule has 0 bridgehead atoms. The van der Waals surface area contributed by atoms with Crippen molar-refractivity contribution < 1.29 is 19.1 Å². The Labute approximate surface area is 124 Å². The summed E-state index contributed by atoms with van der Waals surface area (Å²) in [7, 11) is 0. The summed E-state index contributed by atoms with van der Waals surface area (Å²) in [5.74, 6) is -1.47. The van der Waals surface area contributed by atoms with Gasteiger partial charge in [-0.1, -0.05) is 15.9 Å². The maximum atomic E-state index is 11.7. The highest BCUT2D eigenvalue weighted by Crippen LogP contribution is 2.19. The Balaban J connectivity index is 2.53. The minimum Gasteiger partial charge on any atom is -0.452 e. The normalized spacial score (nSPS) is 9.70. The van der Waals surface area contributed by atoms with Gasteiger partial charge in [-0.2, -0.15) is 0 Å². The second kappa shape index (κ2) is 7.49. The zero-order valence-corrected chi connectivity index (χ0v) is 12.3. The van der Waals surface area contributed by atoms with Crippen molar-refractivity contribution in [2.24, 2.45) is 0 Å². The van der Waals surface area contributed by atoms with Crippen molar-refractivity contribution in [3.05, 3.63) is 28.2 Å². The molecule has 1 aromatic carbocycles. The molecule has 0 aliphatic carbocycles. The van der Waals surface area contributed by atoms with Gasteiger partial charge in [-0.3, -0.25) is 10.1 Å². The summed E-state index contributed by atoms with van der Waals surface area (Å²) in [6, 6.07) is 4.05. The van der Waals surface area contributed by atoms with E-state index < -0.39 is 24.5 Å². The monoisotopic (exact) mass is 343 g/mol. The van der Waals surface area contributed by atoms with Crippen LogP contribution in [0.25, 0.3) is 0 Å². The predicted molar refractivity (Wildman–Crippen MR) is 76.1 cm³/mol. The van der Waals surface area contributed by atoms with Gasteiger partial charge >= 0.3 is 12.0 Å². The standard InChI is InChI=1S/C12H14BrN3O4/c1-2-15-12(19)16-10(17)6-20-11(18)8-5-7(13)3-4-9(8)14/h3-5H,2,6,14H2,1H3,(H2,15,16,17,19). The number of hydrogen-bond donors (Lipinski definition) is 3. The number of hydrogen-bond acceptors (Lipinski definition) is 5. The van der Waals surface area contributed by atoms with Gasteiger partial charge in [0, 0.05) is 16.7 Å². The minimum atomic E-state index is -0.741.